The molecule has 0 aliphatic carbocycles. The van der Waals surface area contributed by atoms with E-state index in [0.717, 1.165) is 40.8 Å². The molecule has 4 heteroatoms. The first-order chi connectivity index (χ1) is 7.25. The molecule has 0 fully saturated rings. The number of hydrogen-bond acceptors (Lipinski definition) is 2. The molecule has 0 amide bonds. The number of aryl methyl sites for hydroxylation is 1. The van der Waals surface area contributed by atoms with Gasteiger partial charge in [0.2, 0.25) is 0 Å². The second-order valence-corrected chi connectivity index (χ2v) is 4.57. The maximum Gasteiger partial charge on any atom is 0.116 e. The first kappa shape index (κ1) is 9.31. The summed E-state index contributed by atoms with van der Waals surface area (Å²) < 4.78 is 3.02. The molecule has 0 saturated carbocycles. The van der Waals surface area contributed by atoms with E-state index in [4.69, 9.17) is 23.8 Å². The molecule has 0 spiro atoms. The van der Waals surface area contributed by atoms with Crippen molar-refractivity contribution >= 4 is 34.7 Å². The monoisotopic (exact) mass is 236 g/mol. The summed E-state index contributed by atoms with van der Waals surface area (Å²) in [5.74, 6) is 1.09. The lowest BCUT2D eigenvalue weighted by Crippen LogP contribution is -2.01. The van der Waals surface area contributed by atoms with E-state index in [0.29, 0.717) is 5.02 Å². The molecule has 0 bridgehead atoms. The fourth-order valence-corrected chi connectivity index (χ4v) is 2.59. The standard InChI is InChI=1S/C11H9ClN2S/c12-7-3-4-8-9(6-7)13-10-2-1-5-14(10)11(8)15/h3-4,6H,1-2,5H2. The quantitative estimate of drug-likeness (QED) is 0.653. The average molecular weight is 237 g/mol. The largest absolute Gasteiger partial charge is 0.320 e. The van der Waals surface area contributed by atoms with Crippen molar-refractivity contribution in [2.24, 2.45) is 0 Å². The Hall–Kier alpha value is -0.930. The molecule has 2 nitrogen and oxygen atoms in total. The molecule has 1 aliphatic rings. The molecule has 0 radical (unpaired) electrons. The highest BCUT2D eigenvalue weighted by Gasteiger charge is 2.13. The van der Waals surface area contributed by atoms with Crippen LogP contribution in [0.25, 0.3) is 10.9 Å². The number of rotatable bonds is 0. The second-order valence-electron chi connectivity index (χ2n) is 3.75. The van der Waals surface area contributed by atoms with Gasteiger partial charge in [-0.1, -0.05) is 23.8 Å². The predicted octanol–water partition coefficient (Wildman–Crippen LogP) is 3.37. The molecule has 15 heavy (non-hydrogen) atoms. The van der Waals surface area contributed by atoms with E-state index in [1.54, 1.807) is 0 Å². The van der Waals surface area contributed by atoms with Crippen LogP contribution < -0.4 is 0 Å². The molecule has 0 atom stereocenters. The van der Waals surface area contributed by atoms with Crippen LogP contribution in [0.1, 0.15) is 12.2 Å². The SMILES string of the molecule is S=c1c2ccc(Cl)cc2nc2n1CCC2. The molecule has 3 rings (SSSR count). The van der Waals surface area contributed by atoms with E-state index in [1.165, 1.54) is 0 Å². The summed E-state index contributed by atoms with van der Waals surface area (Å²) in [5, 5.41) is 1.74. The van der Waals surface area contributed by atoms with Gasteiger partial charge in [-0.05, 0) is 24.6 Å². The fourth-order valence-electron chi connectivity index (χ4n) is 2.06. The summed E-state index contributed by atoms with van der Waals surface area (Å²) in [6.07, 6.45) is 2.16. The van der Waals surface area contributed by atoms with E-state index < -0.39 is 0 Å². The number of aromatic nitrogens is 2. The zero-order chi connectivity index (χ0) is 10.4. The van der Waals surface area contributed by atoms with Crippen LogP contribution in [-0.2, 0) is 13.0 Å². The van der Waals surface area contributed by atoms with Gasteiger partial charge in [-0.2, -0.15) is 0 Å². The van der Waals surface area contributed by atoms with Crippen molar-refractivity contribution in [3.05, 3.63) is 33.7 Å². The minimum atomic E-state index is 0.715. The lowest BCUT2D eigenvalue weighted by molar-refractivity contribution is 0.733. The van der Waals surface area contributed by atoms with Crippen LogP contribution >= 0.6 is 23.8 Å². The molecular weight excluding hydrogens is 228 g/mol. The van der Waals surface area contributed by atoms with Gasteiger partial charge in [0.05, 0.1) is 5.52 Å². The lowest BCUT2D eigenvalue weighted by atomic mass is 10.2. The fraction of sp³-hybridized carbons (Fsp3) is 0.273. The van der Waals surface area contributed by atoms with Crippen molar-refractivity contribution in [1.82, 2.24) is 9.55 Å². The zero-order valence-electron chi connectivity index (χ0n) is 8.03. The first-order valence-corrected chi connectivity index (χ1v) is 5.73. The minimum absolute atomic E-state index is 0.715. The molecule has 0 N–H and O–H groups in total. The summed E-state index contributed by atoms with van der Waals surface area (Å²) in [6, 6.07) is 5.70. The van der Waals surface area contributed by atoms with Crippen LogP contribution in [0.4, 0.5) is 0 Å². The third-order valence-corrected chi connectivity index (χ3v) is 3.45. The maximum atomic E-state index is 5.94. The van der Waals surface area contributed by atoms with Gasteiger partial charge in [0.1, 0.15) is 10.5 Å². The number of halogens is 1. The van der Waals surface area contributed by atoms with Crippen LogP contribution in [0.5, 0.6) is 0 Å². The molecular formula is C11H9ClN2S. The number of nitrogens with zero attached hydrogens (tertiary/aromatic N) is 2. The molecule has 0 saturated heterocycles. The molecule has 0 unspecified atom stereocenters. The van der Waals surface area contributed by atoms with Crippen molar-refractivity contribution < 1.29 is 0 Å². The second kappa shape index (κ2) is 3.29. The van der Waals surface area contributed by atoms with Gasteiger partial charge in [-0.25, -0.2) is 4.98 Å². The smallest absolute Gasteiger partial charge is 0.116 e. The van der Waals surface area contributed by atoms with Gasteiger partial charge in [-0.15, -0.1) is 0 Å². The van der Waals surface area contributed by atoms with E-state index in [-0.39, 0.29) is 0 Å². The summed E-state index contributed by atoms with van der Waals surface area (Å²) in [7, 11) is 0. The van der Waals surface area contributed by atoms with E-state index in [1.807, 2.05) is 18.2 Å². The zero-order valence-corrected chi connectivity index (χ0v) is 9.61. The Morgan fingerprint density at radius 3 is 3.13 bits per heavy atom. The third kappa shape index (κ3) is 1.38. The Bertz CT molecular complexity index is 603. The molecule has 1 aromatic carbocycles. The highest BCUT2D eigenvalue weighted by molar-refractivity contribution is 7.71. The lowest BCUT2D eigenvalue weighted by Gasteiger charge is -2.06. The molecule has 1 aliphatic heterocycles. The van der Waals surface area contributed by atoms with Gasteiger partial charge in [-0.3, -0.25) is 0 Å². The Morgan fingerprint density at radius 2 is 2.27 bits per heavy atom. The van der Waals surface area contributed by atoms with Crippen LogP contribution in [-0.4, -0.2) is 9.55 Å². The van der Waals surface area contributed by atoms with Crippen LogP contribution in [0, 0.1) is 4.64 Å². The predicted molar refractivity (Wildman–Crippen MR) is 63.9 cm³/mol. The van der Waals surface area contributed by atoms with Crippen molar-refractivity contribution in [1.29, 1.82) is 0 Å². The van der Waals surface area contributed by atoms with Gasteiger partial charge in [0.25, 0.3) is 0 Å². The van der Waals surface area contributed by atoms with Crippen LogP contribution in [0.2, 0.25) is 5.02 Å². The van der Waals surface area contributed by atoms with Gasteiger partial charge >= 0.3 is 0 Å². The maximum absolute atomic E-state index is 5.94. The molecule has 76 valence electrons. The van der Waals surface area contributed by atoms with Crippen molar-refractivity contribution in [3.63, 3.8) is 0 Å². The van der Waals surface area contributed by atoms with Gasteiger partial charge in [0.15, 0.2) is 0 Å². The molecule has 2 aromatic rings. The molecule has 1 aromatic heterocycles. The normalized spacial score (nSPS) is 14.5. The Balaban J connectivity index is 2.46. The minimum Gasteiger partial charge on any atom is -0.320 e. The number of fused-ring (bicyclic) bond motifs is 2. The van der Waals surface area contributed by atoms with Crippen LogP contribution in [0.15, 0.2) is 18.2 Å². The van der Waals surface area contributed by atoms with E-state index in [9.17, 15) is 0 Å². The van der Waals surface area contributed by atoms with Crippen LogP contribution in [0.3, 0.4) is 0 Å². The van der Waals surface area contributed by atoms with Gasteiger partial charge < -0.3 is 4.57 Å². The summed E-state index contributed by atoms with van der Waals surface area (Å²) >= 11 is 11.4. The summed E-state index contributed by atoms with van der Waals surface area (Å²) in [4.78, 5) is 4.59. The van der Waals surface area contributed by atoms with E-state index >= 15 is 0 Å². The molecule has 2 heterocycles. The summed E-state index contributed by atoms with van der Waals surface area (Å²) in [5.41, 5.74) is 0.917. The van der Waals surface area contributed by atoms with Crippen molar-refractivity contribution in [2.45, 2.75) is 19.4 Å². The van der Waals surface area contributed by atoms with Crippen molar-refractivity contribution in [3.8, 4) is 0 Å². The number of hydrogen-bond donors (Lipinski definition) is 0. The Labute approximate surface area is 97.5 Å². The Morgan fingerprint density at radius 1 is 1.40 bits per heavy atom. The van der Waals surface area contributed by atoms with Crippen molar-refractivity contribution in [2.75, 3.05) is 0 Å². The first-order valence-electron chi connectivity index (χ1n) is 4.95. The number of benzene rings is 1. The van der Waals surface area contributed by atoms with E-state index in [2.05, 4.69) is 9.55 Å². The topological polar surface area (TPSA) is 17.8 Å². The summed E-state index contributed by atoms with van der Waals surface area (Å²) in [6.45, 7) is 1.000. The average Bonchev–Trinajstić information content (AvgIpc) is 2.65. The highest BCUT2D eigenvalue weighted by atomic mass is 35.5. The third-order valence-electron chi connectivity index (χ3n) is 2.78. The Kier molecular flexibility index (Phi) is 2.04. The highest BCUT2D eigenvalue weighted by Crippen LogP contribution is 2.23. The van der Waals surface area contributed by atoms with Gasteiger partial charge in [0, 0.05) is 23.4 Å².